The molecule has 1 fully saturated rings. The van der Waals surface area contributed by atoms with E-state index in [0.29, 0.717) is 24.6 Å². The number of nitrogens with zero attached hydrogens (tertiary/aromatic N) is 2. The third kappa shape index (κ3) is 5.45. The fourth-order valence-corrected chi connectivity index (χ4v) is 2.65. The molecule has 2 rings (SSSR count). The second-order valence-electron chi connectivity index (χ2n) is 6.77. The van der Waals surface area contributed by atoms with Crippen LogP contribution in [-0.2, 0) is 19.1 Å². The summed E-state index contributed by atoms with van der Waals surface area (Å²) < 4.78 is 9.82. The zero-order valence-corrected chi connectivity index (χ0v) is 17.2. The summed E-state index contributed by atoms with van der Waals surface area (Å²) in [7, 11) is 1.49. The number of urea groups is 1. The van der Waals surface area contributed by atoms with Crippen LogP contribution in [0.1, 0.15) is 30.6 Å². The van der Waals surface area contributed by atoms with Gasteiger partial charge in [0.1, 0.15) is 5.54 Å². The number of methoxy groups -OCH3 is 1. The number of carbonyl (C=O) groups is 4. The number of nitro benzene ring substituents is 1. The number of esters is 1. The van der Waals surface area contributed by atoms with Gasteiger partial charge in [0.25, 0.3) is 17.5 Å². The summed E-state index contributed by atoms with van der Waals surface area (Å²) in [5, 5.41) is 16.9. The molecule has 1 atom stereocenters. The maximum absolute atomic E-state index is 12.4. The number of carbonyl (C=O) groups excluding carboxylic acids is 4. The van der Waals surface area contributed by atoms with E-state index in [1.807, 2.05) is 0 Å². The van der Waals surface area contributed by atoms with E-state index < -0.39 is 40.9 Å². The van der Waals surface area contributed by atoms with Crippen LogP contribution in [0.5, 0.6) is 0 Å². The molecule has 1 unspecified atom stereocenters. The van der Waals surface area contributed by atoms with Crippen molar-refractivity contribution in [2.75, 3.05) is 32.2 Å². The van der Waals surface area contributed by atoms with Gasteiger partial charge in [-0.25, -0.2) is 9.59 Å². The van der Waals surface area contributed by atoms with Crippen molar-refractivity contribution in [1.82, 2.24) is 15.8 Å². The van der Waals surface area contributed by atoms with Crippen LogP contribution in [0.3, 0.4) is 0 Å². The van der Waals surface area contributed by atoms with Gasteiger partial charge in [-0.2, -0.15) is 5.01 Å². The summed E-state index contributed by atoms with van der Waals surface area (Å²) >= 11 is 0. The normalized spacial score (nSPS) is 17.8. The van der Waals surface area contributed by atoms with Crippen LogP contribution in [-0.4, -0.2) is 66.2 Å². The first-order valence-corrected chi connectivity index (χ1v) is 9.27. The van der Waals surface area contributed by atoms with Crippen LogP contribution in [0.4, 0.5) is 16.2 Å². The van der Waals surface area contributed by atoms with E-state index >= 15 is 0 Å². The quantitative estimate of drug-likeness (QED) is 0.156. The number of ether oxygens (including phenoxy) is 2. The highest BCUT2D eigenvalue weighted by molar-refractivity contribution is 6.07. The second-order valence-corrected chi connectivity index (χ2v) is 6.77. The summed E-state index contributed by atoms with van der Waals surface area (Å²) in [5.41, 5.74) is 0.679. The number of amides is 4. The fourth-order valence-electron chi connectivity index (χ4n) is 2.65. The number of anilines is 1. The van der Waals surface area contributed by atoms with E-state index in [9.17, 15) is 29.3 Å². The highest BCUT2D eigenvalue weighted by atomic mass is 16.6. The molecule has 3 N–H and O–H groups in total. The minimum atomic E-state index is -1.15. The highest BCUT2D eigenvalue weighted by Crippen LogP contribution is 2.23. The van der Waals surface area contributed by atoms with Gasteiger partial charge in [0.05, 0.1) is 17.1 Å². The Hall–Kier alpha value is -3.74. The summed E-state index contributed by atoms with van der Waals surface area (Å²) in [6, 6.07) is 2.75. The van der Waals surface area contributed by atoms with Crippen LogP contribution < -0.4 is 16.1 Å². The van der Waals surface area contributed by atoms with Crippen molar-refractivity contribution in [3.8, 4) is 0 Å². The first-order chi connectivity index (χ1) is 14.6. The predicted octanol–water partition coefficient (Wildman–Crippen LogP) is 0.562. The van der Waals surface area contributed by atoms with E-state index in [1.54, 1.807) is 6.92 Å². The Kier molecular flexibility index (Phi) is 7.47. The van der Waals surface area contributed by atoms with Gasteiger partial charge in [0.2, 0.25) is 0 Å². The van der Waals surface area contributed by atoms with E-state index in [0.717, 1.165) is 6.07 Å². The lowest BCUT2D eigenvalue weighted by Gasteiger charge is -2.19. The zero-order chi connectivity index (χ0) is 23.2. The average Bonchev–Trinajstić information content (AvgIpc) is 2.95. The Morgan fingerprint density at radius 3 is 2.61 bits per heavy atom. The van der Waals surface area contributed by atoms with Gasteiger partial charge in [0, 0.05) is 31.5 Å². The fraction of sp³-hybridized carbons (Fsp3) is 0.444. The Bertz CT molecular complexity index is 905. The average molecular weight is 437 g/mol. The van der Waals surface area contributed by atoms with Crippen LogP contribution in [0.25, 0.3) is 0 Å². The lowest BCUT2D eigenvalue weighted by molar-refractivity contribution is -0.384. The minimum Gasteiger partial charge on any atom is -0.452 e. The van der Waals surface area contributed by atoms with Crippen LogP contribution in [0, 0.1) is 10.1 Å². The largest absolute Gasteiger partial charge is 0.452 e. The molecule has 0 radical (unpaired) electrons. The Morgan fingerprint density at radius 2 is 2.03 bits per heavy atom. The molecule has 1 aromatic carbocycles. The molecular formula is C18H23N5O8. The number of rotatable bonds is 10. The van der Waals surface area contributed by atoms with E-state index in [2.05, 4.69) is 16.1 Å². The topological polar surface area (TPSA) is 169 Å². The lowest BCUT2D eigenvalue weighted by atomic mass is 10.00. The van der Waals surface area contributed by atoms with E-state index in [4.69, 9.17) is 9.47 Å². The van der Waals surface area contributed by atoms with Crippen LogP contribution in [0.15, 0.2) is 18.2 Å². The number of hydrogen-bond donors (Lipinski definition) is 3. The third-order valence-corrected chi connectivity index (χ3v) is 4.59. The maximum Gasteiger partial charge on any atom is 0.344 e. The van der Waals surface area contributed by atoms with Gasteiger partial charge in [-0.3, -0.25) is 25.1 Å². The molecular weight excluding hydrogens is 414 g/mol. The number of nitro groups is 1. The molecule has 31 heavy (non-hydrogen) atoms. The van der Waals surface area contributed by atoms with Gasteiger partial charge in [-0.15, -0.1) is 0 Å². The summed E-state index contributed by atoms with van der Waals surface area (Å²) in [4.78, 5) is 59.1. The van der Waals surface area contributed by atoms with Crippen molar-refractivity contribution < 1.29 is 33.6 Å². The monoisotopic (exact) mass is 437 g/mol. The number of imide groups is 1. The van der Waals surface area contributed by atoms with Crippen molar-refractivity contribution in [3.63, 3.8) is 0 Å². The first-order valence-electron chi connectivity index (χ1n) is 9.27. The number of non-ortho nitro benzene ring substituents is 1. The van der Waals surface area contributed by atoms with Crippen LogP contribution >= 0.6 is 0 Å². The Labute approximate surface area is 177 Å². The third-order valence-electron chi connectivity index (χ3n) is 4.59. The summed E-state index contributed by atoms with van der Waals surface area (Å²) in [6.07, 6.45) is 0.310. The van der Waals surface area contributed by atoms with Gasteiger partial charge < -0.3 is 20.1 Å². The summed E-state index contributed by atoms with van der Waals surface area (Å²) in [5.74, 6) is -2.59. The van der Waals surface area contributed by atoms with Gasteiger partial charge in [-0.05, 0) is 19.4 Å². The summed E-state index contributed by atoms with van der Waals surface area (Å²) in [6.45, 7) is 3.02. The van der Waals surface area contributed by atoms with Gasteiger partial charge >= 0.3 is 12.0 Å². The highest BCUT2D eigenvalue weighted by Gasteiger charge is 2.47. The lowest BCUT2D eigenvalue weighted by Crippen LogP contribution is -2.49. The molecule has 4 amide bonds. The number of nitrogens with one attached hydrogen (secondary N) is 3. The minimum absolute atomic E-state index is 0.161. The Morgan fingerprint density at radius 1 is 1.32 bits per heavy atom. The Balaban J connectivity index is 2.05. The van der Waals surface area contributed by atoms with Gasteiger partial charge in [0.15, 0.2) is 6.61 Å². The maximum atomic E-state index is 12.4. The number of hydrogen-bond acceptors (Lipinski definition) is 9. The number of benzene rings is 1. The van der Waals surface area contributed by atoms with Crippen molar-refractivity contribution >= 4 is 35.2 Å². The van der Waals surface area contributed by atoms with Crippen LogP contribution in [0.2, 0.25) is 0 Å². The molecule has 0 aromatic heterocycles. The molecule has 1 aliphatic heterocycles. The molecule has 13 heteroatoms. The SMILES string of the molecule is CCC1(C)NC(=O)N(NC(=O)COC(=O)c2cc([N+](=O)[O-])ccc2NCCOC)C1=O. The van der Waals surface area contributed by atoms with Crippen molar-refractivity contribution in [1.29, 1.82) is 0 Å². The molecule has 1 aromatic rings. The molecule has 168 valence electrons. The molecule has 0 aliphatic carbocycles. The molecule has 0 spiro atoms. The molecule has 1 aliphatic rings. The zero-order valence-electron chi connectivity index (χ0n) is 17.2. The van der Waals surface area contributed by atoms with Crippen molar-refractivity contribution in [2.45, 2.75) is 25.8 Å². The van der Waals surface area contributed by atoms with E-state index in [1.165, 1.54) is 26.2 Å². The molecule has 0 bridgehead atoms. The smallest absolute Gasteiger partial charge is 0.344 e. The van der Waals surface area contributed by atoms with Crippen molar-refractivity contribution in [2.24, 2.45) is 0 Å². The second kappa shape index (κ2) is 9.84. The number of hydrazine groups is 1. The molecule has 1 saturated heterocycles. The van der Waals surface area contributed by atoms with E-state index in [-0.39, 0.29) is 16.9 Å². The standard InChI is InChI=1S/C18H23N5O8/c1-4-18(2)16(26)22(17(27)20-18)21-14(24)10-31-15(25)12-9-11(23(28)29)5-6-13(12)19-7-8-30-3/h5-6,9,19H,4,7-8,10H2,1-3H3,(H,20,27)(H,21,24). The molecule has 1 heterocycles. The predicted molar refractivity (Wildman–Crippen MR) is 106 cm³/mol. The first kappa shape index (κ1) is 23.5. The molecule has 13 nitrogen and oxygen atoms in total. The molecule has 0 saturated carbocycles. The van der Waals surface area contributed by atoms with Gasteiger partial charge in [-0.1, -0.05) is 6.92 Å². The van der Waals surface area contributed by atoms with Crippen molar-refractivity contribution in [3.05, 3.63) is 33.9 Å².